The molecule has 0 aliphatic rings. The number of pyridine rings is 1. The highest BCUT2D eigenvalue weighted by Crippen LogP contribution is 2.20. The van der Waals surface area contributed by atoms with Gasteiger partial charge in [-0.3, -0.25) is 15.0 Å². The Hall–Kier alpha value is -2.74. The Morgan fingerprint density at radius 3 is 2.65 bits per heavy atom. The van der Waals surface area contributed by atoms with Crippen LogP contribution in [0.3, 0.4) is 0 Å². The van der Waals surface area contributed by atoms with Crippen molar-refractivity contribution in [2.24, 2.45) is 10.9 Å². The van der Waals surface area contributed by atoms with Crippen LogP contribution in [0.5, 0.6) is 0 Å². The van der Waals surface area contributed by atoms with Crippen molar-refractivity contribution in [3.05, 3.63) is 48.1 Å². The fourth-order valence-electron chi connectivity index (χ4n) is 1.98. The van der Waals surface area contributed by atoms with Crippen LogP contribution in [0.2, 0.25) is 0 Å². The van der Waals surface area contributed by atoms with Gasteiger partial charge >= 0.3 is 0 Å². The quantitative estimate of drug-likeness (QED) is 0.189. The summed E-state index contributed by atoms with van der Waals surface area (Å²) in [5, 5.41) is 12.3. The Balaban J connectivity index is 3.14. The van der Waals surface area contributed by atoms with E-state index in [1.807, 2.05) is 0 Å². The Kier molecular flexibility index (Phi) is 6.40. The first kappa shape index (κ1) is 18.3. The molecular formula is C15H20FN4O3+. The normalized spacial score (nSPS) is 13.9. The molecule has 1 aromatic rings. The van der Waals surface area contributed by atoms with Crippen molar-refractivity contribution >= 4 is 17.4 Å². The fourth-order valence-corrected chi connectivity index (χ4v) is 1.98. The summed E-state index contributed by atoms with van der Waals surface area (Å²) in [5.41, 5.74) is 0.601. The van der Waals surface area contributed by atoms with E-state index in [1.54, 1.807) is 6.92 Å². The van der Waals surface area contributed by atoms with Crippen molar-refractivity contribution in [3.63, 3.8) is 0 Å². The van der Waals surface area contributed by atoms with Gasteiger partial charge in [0.25, 0.3) is 5.91 Å². The summed E-state index contributed by atoms with van der Waals surface area (Å²) in [6.45, 7) is 6.41. The largest absolute Gasteiger partial charge is 0.394 e. The first-order valence-electron chi connectivity index (χ1n) is 6.73. The zero-order valence-electron chi connectivity index (χ0n) is 13.2. The van der Waals surface area contributed by atoms with E-state index >= 15 is 0 Å². The van der Waals surface area contributed by atoms with Gasteiger partial charge in [-0.05, 0) is 19.9 Å². The highest BCUT2D eigenvalue weighted by molar-refractivity contribution is 5.97. The lowest BCUT2D eigenvalue weighted by molar-refractivity contribution is -0.905. The van der Waals surface area contributed by atoms with Crippen molar-refractivity contribution in [1.82, 2.24) is 5.32 Å². The van der Waals surface area contributed by atoms with E-state index in [4.69, 9.17) is 5.90 Å². The van der Waals surface area contributed by atoms with Gasteiger partial charge in [-0.15, -0.1) is 0 Å². The Bertz CT molecular complexity index is 667. The van der Waals surface area contributed by atoms with Crippen LogP contribution in [0.4, 0.5) is 4.39 Å². The van der Waals surface area contributed by atoms with Gasteiger partial charge in [-0.25, -0.2) is 4.39 Å². The molecule has 0 radical (unpaired) electrons. The van der Waals surface area contributed by atoms with E-state index in [0.717, 1.165) is 0 Å². The average Bonchev–Trinajstić information content (AvgIpc) is 2.48. The number of carbonyl (C=O) groups is 1. The number of aromatic nitrogens is 1. The fraction of sp³-hybridized carbons (Fsp3) is 0.267. The second kappa shape index (κ2) is 8.04. The summed E-state index contributed by atoms with van der Waals surface area (Å²) < 4.78 is 14.2. The van der Waals surface area contributed by atoms with Crippen LogP contribution in [0.1, 0.15) is 29.8 Å². The molecule has 0 aliphatic heterocycles. The van der Waals surface area contributed by atoms with Crippen LogP contribution < -0.4 is 15.9 Å². The van der Waals surface area contributed by atoms with E-state index in [2.05, 4.69) is 21.7 Å². The van der Waals surface area contributed by atoms with Crippen LogP contribution in [0.15, 0.2) is 41.9 Å². The minimum absolute atomic E-state index is 0.116. The SMILES string of the molecule is C=C/C(=C(\C)F)c1cc(C(=O)N[C@H](C)C(=NC)ON)c[n+](O)c1. The molecule has 0 bridgehead atoms. The predicted octanol–water partition coefficient (Wildman–Crippen LogP) is 1.13. The van der Waals surface area contributed by atoms with Crippen LogP contribution in [0.25, 0.3) is 5.57 Å². The molecule has 0 spiro atoms. The van der Waals surface area contributed by atoms with E-state index in [9.17, 15) is 14.4 Å². The maximum absolute atomic E-state index is 13.5. The maximum atomic E-state index is 13.5. The first-order valence-corrected chi connectivity index (χ1v) is 6.73. The average molecular weight is 323 g/mol. The molecule has 1 rings (SSSR count). The summed E-state index contributed by atoms with van der Waals surface area (Å²) in [4.78, 5) is 20.6. The third-order valence-electron chi connectivity index (χ3n) is 3.06. The van der Waals surface area contributed by atoms with E-state index in [0.29, 0.717) is 10.3 Å². The second-order valence-electron chi connectivity index (χ2n) is 4.72. The monoisotopic (exact) mass is 323 g/mol. The summed E-state index contributed by atoms with van der Waals surface area (Å²) in [7, 11) is 1.47. The molecule has 0 aromatic carbocycles. The molecule has 7 nitrogen and oxygen atoms in total. The van der Waals surface area contributed by atoms with Gasteiger partial charge in [-0.1, -0.05) is 12.7 Å². The molecular weight excluding hydrogens is 303 g/mol. The number of carbonyl (C=O) groups excluding carboxylic acids is 1. The van der Waals surface area contributed by atoms with Crippen LogP contribution in [-0.4, -0.2) is 30.1 Å². The number of amides is 1. The minimum Gasteiger partial charge on any atom is -0.394 e. The highest BCUT2D eigenvalue weighted by Gasteiger charge is 2.20. The third-order valence-corrected chi connectivity index (χ3v) is 3.06. The van der Waals surface area contributed by atoms with Crippen molar-refractivity contribution in [2.75, 3.05) is 7.05 Å². The second-order valence-corrected chi connectivity index (χ2v) is 4.72. The number of hydrogen-bond donors (Lipinski definition) is 3. The molecule has 8 heteroatoms. The van der Waals surface area contributed by atoms with Crippen molar-refractivity contribution in [1.29, 1.82) is 0 Å². The topological polar surface area (TPSA) is 101 Å². The smallest absolute Gasteiger partial charge is 0.258 e. The van der Waals surface area contributed by atoms with Crippen molar-refractivity contribution in [3.8, 4) is 0 Å². The van der Waals surface area contributed by atoms with Gasteiger partial charge in [0.05, 0.1) is 5.56 Å². The Morgan fingerprint density at radius 2 is 2.17 bits per heavy atom. The number of hydrogen-bond acceptors (Lipinski definition) is 5. The van der Waals surface area contributed by atoms with E-state index < -0.39 is 17.8 Å². The maximum Gasteiger partial charge on any atom is 0.258 e. The van der Waals surface area contributed by atoms with Crippen molar-refractivity contribution < 1.29 is 24.0 Å². The number of aliphatic imine (C=N–C) groups is 1. The summed E-state index contributed by atoms with van der Waals surface area (Å²) >= 11 is 0. The lowest BCUT2D eigenvalue weighted by atomic mass is 10.1. The first-order chi connectivity index (χ1) is 10.8. The Labute approximate surface area is 133 Å². The summed E-state index contributed by atoms with van der Waals surface area (Å²) in [6, 6.07) is 0.853. The van der Waals surface area contributed by atoms with Crippen LogP contribution in [-0.2, 0) is 4.84 Å². The zero-order valence-corrected chi connectivity index (χ0v) is 13.2. The summed E-state index contributed by atoms with van der Waals surface area (Å²) in [5.74, 6) is 4.19. The van der Waals surface area contributed by atoms with E-state index in [-0.39, 0.29) is 17.0 Å². The van der Waals surface area contributed by atoms with Crippen molar-refractivity contribution in [2.45, 2.75) is 19.9 Å². The summed E-state index contributed by atoms with van der Waals surface area (Å²) in [6.07, 6.45) is 3.76. The molecule has 1 heterocycles. The lowest BCUT2D eigenvalue weighted by Crippen LogP contribution is -2.41. The predicted molar refractivity (Wildman–Crippen MR) is 83.3 cm³/mol. The number of nitrogens with zero attached hydrogens (tertiary/aromatic N) is 2. The highest BCUT2D eigenvalue weighted by atomic mass is 19.1. The number of nitrogens with one attached hydrogen (secondary N) is 1. The molecule has 0 saturated heterocycles. The molecule has 0 saturated carbocycles. The number of allylic oxidation sites excluding steroid dienone is 3. The number of rotatable bonds is 5. The van der Waals surface area contributed by atoms with Crippen LogP contribution >= 0.6 is 0 Å². The standard InChI is InChI=1S/C15H19FN4O3/c1-5-13(9(2)16)11-6-12(8-20(22)7-11)14(21)19-10(3)15(18-4)23-17/h5-8,10H,1,17H2,2-4H3,(H-,19,21,22)/p+1/b13-9-,18-15?/t10-/m1/s1. The molecule has 0 unspecified atom stereocenters. The van der Waals surface area contributed by atoms with Gasteiger partial charge in [0, 0.05) is 17.4 Å². The molecule has 124 valence electrons. The number of nitrogens with two attached hydrogens (primary N) is 1. The number of halogens is 1. The third kappa shape index (κ3) is 4.62. The molecule has 0 fully saturated rings. The molecule has 23 heavy (non-hydrogen) atoms. The zero-order chi connectivity index (χ0) is 17.6. The molecule has 1 aromatic heterocycles. The molecule has 0 aliphatic carbocycles. The van der Waals surface area contributed by atoms with Gasteiger partial charge in [0.1, 0.15) is 17.4 Å². The Morgan fingerprint density at radius 1 is 1.57 bits per heavy atom. The molecule has 1 amide bonds. The molecule has 1 atom stereocenters. The van der Waals surface area contributed by atoms with E-state index in [1.165, 1.54) is 38.5 Å². The van der Waals surface area contributed by atoms with Crippen LogP contribution in [0, 0.1) is 0 Å². The van der Waals surface area contributed by atoms with Gasteiger partial charge in [0.2, 0.25) is 18.3 Å². The van der Waals surface area contributed by atoms with Gasteiger partial charge in [-0.2, -0.15) is 5.90 Å². The van der Waals surface area contributed by atoms with Gasteiger partial charge < -0.3 is 10.2 Å². The minimum atomic E-state index is -0.578. The lowest BCUT2D eigenvalue weighted by Gasteiger charge is -2.13. The molecule has 4 N–H and O–H groups in total. The van der Waals surface area contributed by atoms with Gasteiger partial charge in [0.15, 0.2) is 0 Å².